The Labute approximate surface area is 474 Å². The Hall–Kier alpha value is -5.61. The zero-order valence-corrected chi connectivity index (χ0v) is 52.6. The number of carbonyl (C=O) groups excluding carboxylic acids is 1. The lowest BCUT2D eigenvalue weighted by Crippen LogP contribution is -2.39. The number of carbonyl (C=O) groups is 1. The zero-order valence-electron chi connectivity index (χ0n) is 52.6. The minimum atomic E-state index is -1.60. The Bertz CT molecular complexity index is 2970. The van der Waals surface area contributed by atoms with E-state index in [0.29, 0.717) is 61.2 Å². The quantitative estimate of drug-likeness (QED) is 0.0387. The molecule has 0 saturated carbocycles. The molecule has 0 atom stereocenters. The van der Waals surface area contributed by atoms with Gasteiger partial charge in [-0.2, -0.15) is 0 Å². The second-order valence-corrected chi connectivity index (χ2v) is 30.7. The first-order valence-corrected chi connectivity index (χ1v) is 28.1. The van der Waals surface area contributed by atoms with Gasteiger partial charge in [0.25, 0.3) is 0 Å². The topological polar surface area (TPSA) is 168 Å². The van der Waals surface area contributed by atoms with Crippen LogP contribution in [-0.2, 0) is 52.9 Å². The number of esters is 1. The van der Waals surface area contributed by atoms with Crippen LogP contribution in [0.15, 0.2) is 66.7 Å². The molecule has 79 heavy (non-hydrogen) atoms. The highest BCUT2D eigenvalue weighted by Gasteiger charge is 2.38. The van der Waals surface area contributed by atoms with Gasteiger partial charge in [-0.25, -0.2) is 4.79 Å². The number of aliphatic hydroxyl groups excluding tert-OH is 3. The molecule has 9 heteroatoms. The zero-order chi connectivity index (χ0) is 60.5. The Morgan fingerprint density at radius 3 is 0.962 bits per heavy atom. The third kappa shape index (κ3) is 13.4. The summed E-state index contributed by atoms with van der Waals surface area (Å²) in [5.74, 6) is -0.192. The Morgan fingerprint density at radius 1 is 0.392 bits per heavy atom. The Balaban J connectivity index is 2.38. The van der Waals surface area contributed by atoms with Crippen LogP contribution in [0.5, 0.6) is 23.0 Å². The number of phenolic OH excluding ortho intramolecular Hbond substituents is 4. The van der Waals surface area contributed by atoms with Crippen molar-refractivity contribution in [3.63, 3.8) is 0 Å². The summed E-state index contributed by atoms with van der Waals surface area (Å²) in [7, 11) is 0. The van der Waals surface area contributed by atoms with E-state index in [4.69, 9.17) is 4.74 Å². The molecule has 0 saturated heterocycles. The number of ether oxygens (including phenoxy) is 1. The molecule has 7 N–H and O–H groups in total. The van der Waals surface area contributed by atoms with Crippen LogP contribution in [0.4, 0.5) is 0 Å². The van der Waals surface area contributed by atoms with Crippen molar-refractivity contribution in [2.24, 2.45) is 5.41 Å². The highest BCUT2D eigenvalue weighted by molar-refractivity contribution is 6.28. The molecule has 5 aromatic rings. The highest BCUT2D eigenvalue weighted by Crippen LogP contribution is 2.52. The van der Waals surface area contributed by atoms with E-state index in [9.17, 15) is 35.7 Å². The molecular formula is C70H98O9. The summed E-state index contributed by atoms with van der Waals surface area (Å²) in [6.07, 6.45) is 0. The number of rotatable bonds is 11. The van der Waals surface area contributed by atoms with Crippen LogP contribution in [0.25, 0.3) is 33.4 Å². The number of hydrogen-bond acceptors (Lipinski definition) is 9. The van der Waals surface area contributed by atoms with Crippen molar-refractivity contribution in [1.82, 2.24) is 0 Å². The molecule has 9 nitrogen and oxygen atoms in total. The largest absolute Gasteiger partial charge is 0.507 e. The molecule has 0 unspecified atom stereocenters. The monoisotopic (exact) mass is 1080 g/mol. The lowest BCUT2D eigenvalue weighted by Gasteiger charge is -2.32. The van der Waals surface area contributed by atoms with Crippen LogP contribution >= 0.6 is 0 Å². The van der Waals surface area contributed by atoms with Crippen LogP contribution < -0.4 is 0 Å². The lowest BCUT2D eigenvalue weighted by molar-refractivity contribution is -0.144. The van der Waals surface area contributed by atoms with Crippen LogP contribution in [0, 0.1) is 5.41 Å². The number of phenols is 4. The van der Waals surface area contributed by atoms with E-state index in [0.717, 1.165) is 27.8 Å². The maximum Gasteiger partial charge on any atom is 0.339 e. The van der Waals surface area contributed by atoms with Crippen molar-refractivity contribution in [3.8, 4) is 45.3 Å². The van der Waals surface area contributed by atoms with Crippen molar-refractivity contribution < 1.29 is 45.3 Å². The van der Waals surface area contributed by atoms with Gasteiger partial charge in [-0.15, -0.1) is 0 Å². The normalized spacial score (nSPS) is 13.9. The second-order valence-electron chi connectivity index (χ2n) is 30.7. The second kappa shape index (κ2) is 21.7. The molecule has 0 amide bonds. The summed E-state index contributed by atoms with van der Waals surface area (Å²) in [5.41, 5.74) is 4.17. The molecule has 0 bridgehead atoms. The van der Waals surface area contributed by atoms with Crippen LogP contribution in [0.2, 0.25) is 0 Å². The van der Waals surface area contributed by atoms with Gasteiger partial charge in [-0.1, -0.05) is 184 Å². The number of benzene rings is 5. The Morgan fingerprint density at radius 2 is 0.671 bits per heavy atom. The first-order valence-electron chi connectivity index (χ1n) is 28.1. The van der Waals surface area contributed by atoms with Crippen molar-refractivity contribution in [2.45, 2.75) is 209 Å². The van der Waals surface area contributed by atoms with Gasteiger partial charge in [0.05, 0.1) is 30.8 Å². The number of aromatic hydroxyl groups is 4. The standard InChI is InChI=1S/C70H98O9/c1-62(2,3)46-28-40(29-47(57(46)74)63(4,5)6)44-26-25-27-45(54(44)41-30-48(64(7,8)9)58(75)49(31-41)65(10,11)12)55(42-32-50(66(13,14)15)59(76)51(33-42)67(16,17)18)56(61(78)79-39-70(36-71,37-72)38-73)43-34-52(68(19,20)21)60(77)53(35-43)69(22,23)24/h25-35,71-77H,36-39H2,1-24H3. The maximum absolute atomic E-state index is 16.2. The fourth-order valence-electron chi connectivity index (χ4n) is 10.4. The van der Waals surface area contributed by atoms with Gasteiger partial charge in [-0.05, 0) is 131 Å². The average Bonchev–Trinajstić information content (AvgIpc) is 3.31. The van der Waals surface area contributed by atoms with Gasteiger partial charge in [0.1, 0.15) is 29.6 Å². The van der Waals surface area contributed by atoms with Gasteiger partial charge < -0.3 is 40.5 Å². The van der Waals surface area contributed by atoms with Gasteiger partial charge in [0, 0.05) is 50.1 Å². The molecule has 0 radical (unpaired) electrons. The maximum atomic E-state index is 16.2. The SMILES string of the molecule is CC(C)(C)c1cc(C(C(=O)OCC(CO)(CO)CO)=C(c2cc(C(C)(C)C)c(O)c(C(C)(C)C)c2)c2cccc(-c3cc(C(C)(C)C)c(O)c(C(C)(C)C)c3)c2-c2cc(C(C)(C)C)c(O)c(C(C)(C)C)c2)cc(C(C)(C)C)c1O. The van der Waals surface area contributed by atoms with Crippen molar-refractivity contribution >= 4 is 17.1 Å². The number of hydrogen-bond donors (Lipinski definition) is 7. The molecular weight excluding hydrogens is 985 g/mol. The molecule has 0 aliphatic rings. The summed E-state index contributed by atoms with van der Waals surface area (Å²) >= 11 is 0. The summed E-state index contributed by atoms with van der Waals surface area (Å²) in [6.45, 7) is 46.6. The minimum absolute atomic E-state index is 0.0878. The molecule has 0 fully saturated rings. The highest BCUT2D eigenvalue weighted by atomic mass is 16.5. The molecule has 5 aromatic carbocycles. The fourth-order valence-corrected chi connectivity index (χ4v) is 10.4. The van der Waals surface area contributed by atoms with E-state index in [2.05, 4.69) is 101 Å². The first kappa shape index (κ1) is 64.2. The van der Waals surface area contributed by atoms with E-state index in [-0.39, 0.29) is 28.6 Å². The van der Waals surface area contributed by atoms with Crippen molar-refractivity contribution in [3.05, 3.63) is 128 Å². The van der Waals surface area contributed by atoms with E-state index in [1.54, 1.807) is 0 Å². The first-order chi connectivity index (χ1) is 35.7. The molecule has 0 spiro atoms. The van der Waals surface area contributed by atoms with Gasteiger partial charge in [0.15, 0.2) is 0 Å². The Kier molecular flexibility index (Phi) is 17.6. The average molecular weight is 1080 g/mol. The van der Waals surface area contributed by atoms with Crippen LogP contribution in [0.3, 0.4) is 0 Å². The van der Waals surface area contributed by atoms with Gasteiger partial charge in [-0.3, -0.25) is 0 Å². The van der Waals surface area contributed by atoms with Gasteiger partial charge in [0.2, 0.25) is 0 Å². The van der Waals surface area contributed by atoms with E-state index >= 15 is 4.79 Å². The summed E-state index contributed by atoms with van der Waals surface area (Å²) in [4.78, 5) is 16.2. The summed E-state index contributed by atoms with van der Waals surface area (Å²) < 4.78 is 6.39. The van der Waals surface area contributed by atoms with E-state index < -0.39 is 81.1 Å². The van der Waals surface area contributed by atoms with E-state index in [1.807, 2.05) is 132 Å². The number of aliphatic hydroxyl groups is 3. The summed E-state index contributed by atoms with van der Waals surface area (Å²) in [6, 6.07) is 21.8. The smallest absolute Gasteiger partial charge is 0.339 e. The van der Waals surface area contributed by atoms with Crippen molar-refractivity contribution in [1.29, 1.82) is 0 Å². The minimum Gasteiger partial charge on any atom is -0.507 e. The van der Waals surface area contributed by atoms with E-state index in [1.165, 1.54) is 0 Å². The molecule has 0 aliphatic carbocycles. The van der Waals surface area contributed by atoms with Gasteiger partial charge >= 0.3 is 5.97 Å². The fraction of sp³-hybridized carbons (Fsp3) is 0.529. The molecule has 0 aromatic heterocycles. The van der Waals surface area contributed by atoms with Crippen LogP contribution in [0.1, 0.15) is 227 Å². The molecule has 5 rings (SSSR count). The third-order valence-electron chi connectivity index (χ3n) is 15.4. The molecule has 0 heterocycles. The molecule has 0 aliphatic heterocycles. The third-order valence-corrected chi connectivity index (χ3v) is 15.4. The molecule has 432 valence electrons. The predicted molar refractivity (Wildman–Crippen MR) is 327 cm³/mol. The predicted octanol–water partition coefficient (Wildman–Crippen LogP) is 15.7. The van der Waals surface area contributed by atoms with Crippen molar-refractivity contribution in [2.75, 3.05) is 26.4 Å². The van der Waals surface area contributed by atoms with Crippen LogP contribution in [-0.4, -0.2) is 68.1 Å². The lowest BCUT2D eigenvalue weighted by atomic mass is 9.73. The summed E-state index contributed by atoms with van der Waals surface area (Å²) in [5, 5.41) is 81.4.